The zero-order chi connectivity index (χ0) is 19.9. The lowest BCUT2D eigenvalue weighted by molar-refractivity contribution is -0.120. The molecule has 0 unspecified atom stereocenters. The number of benzene rings is 2. The molecule has 2 N–H and O–H groups in total. The van der Waals surface area contributed by atoms with Gasteiger partial charge in [-0.2, -0.15) is 0 Å². The van der Waals surface area contributed by atoms with E-state index in [1.54, 1.807) is 12.1 Å². The molecular formula is C20H22F2N4O2. The molecule has 0 saturated carbocycles. The zero-order valence-corrected chi connectivity index (χ0v) is 15.3. The van der Waals surface area contributed by atoms with Gasteiger partial charge in [0.15, 0.2) is 0 Å². The molecule has 0 atom stereocenters. The molecule has 6 nitrogen and oxygen atoms in total. The maximum Gasteiger partial charge on any atom is 0.238 e. The molecule has 1 fully saturated rings. The molecule has 0 bridgehead atoms. The van der Waals surface area contributed by atoms with Crippen molar-refractivity contribution in [2.24, 2.45) is 0 Å². The van der Waals surface area contributed by atoms with Gasteiger partial charge in [0.2, 0.25) is 11.8 Å². The number of rotatable bonds is 6. The van der Waals surface area contributed by atoms with Gasteiger partial charge in [-0.25, -0.2) is 8.78 Å². The second-order valence-corrected chi connectivity index (χ2v) is 6.64. The van der Waals surface area contributed by atoms with Gasteiger partial charge in [0.1, 0.15) is 11.6 Å². The Hall–Kier alpha value is -2.84. The van der Waals surface area contributed by atoms with E-state index in [2.05, 4.69) is 10.6 Å². The van der Waals surface area contributed by atoms with Gasteiger partial charge in [0, 0.05) is 31.9 Å². The molecule has 0 aromatic heterocycles. The first-order valence-corrected chi connectivity index (χ1v) is 9.04. The average molecular weight is 388 g/mol. The molecule has 1 aliphatic heterocycles. The number of carbonyl (C=O) groups is 2. The van der Waals surface area contributed by atoms with Crippen molar-refractivity contribution in [2.75, 3.05) is 49.9 Å². The molecule has 1 heterocycles. The largest absolute Gasteiger partial charge is 0.325 e. The summed E-state index contributed by atoms with van der Waals surface area (Å²) in [7, 11) is 0. The van der Waals surface area contributed by atoms with Gasteiger partial charge in [0.25, 0.3) is 0 Å². The van der Waals surface area contributed by atoms with Crippen molar-refractivity contribution in [1.29, 1.82) is 0 Å². The van der Waals surface area contributed by atoms with Crippen LogP contribution in [0.1, 0.15) is 0 Å². The maximum absolute atomic E-state index is 13.6. The molecule has 8 heteroatoms. The van der Waals surface area contributed by atoms with Crippen LogP contribution >= 0.6 is 0 Å². The Bertz CT molecular complexity index is 821. The van der Waals surface area contributed by atoms with Gasteiger partial charge in [-0.05, 0) is 36.4 Å². The van der Waals surface area contributed by atoms with E-state index >= 15 is 0 Å². The van der Waals surface area contributed by atoms with Crippen LogP contribution in [0.4, 0.5) is 20.2 Å². The van der Waals surface area contributed by atoms with Crippen molar-refractivity contribution in [3.05, 3.63) is 60.2 Å². The highest BCUT2D eigenvalue weighted by atomic mass is 19.1. The second-order valence-electron chi connectivity index (χ2n) is 6.64. The van der Waals surface area contributed by atoms with Crippen molar-refractivity contribution in [3.63, 3.8) is 0 Å². The number of para-hydroxylation sites is 1. The molecule has 3 rings (SSSR count). The minimum absolute atomic E-state index is 0.169. The van der Waals surface area contributed by atoms with Crippen LogP contribution in [0.15, 0.2) is 48.5 Å². The topological polar surface area (TPSA) is 64.7 Å². The van der Waals surface area contributed by atoms with E-state index in [1.165, 1.54) is 36.4 Å². The molecule has 1 saturated heterocycles. The summed E-state index contributed by atoms with van der Waals surface area (Å²) in [6, 6.07) is 11.7. The van der Waals surface area contributed by atoms with Crippen LogP contribution in [0, 0.1) is 11.6 Å². The van der Waals surface area contributed by atoms with Gasteiger partial charge in [0.05, 0.1) is 18.8 Å². The van der Waals surface area contributed by atoms with E-state index in [1.807, 2.05) is 9.80 Å². The Balaban J connectivity index is 1.39. The summed E-state index contributed by atoms with van der Waals surface area (Å²) in [5.41, 5.74) is 0.721. The Morgan fingerprint density at radius 1 is 0.786 bits per heavy atom. The minimum Gasteiger partial charge on any atom is -0.325 e. The summed E-state index contributed by atoms with van der Waals surface area (Å²) in [6.07, 6.45) is 0. The van der Waals surface area contributed by atoms with Crippen LogP contribution in [0.2, 0.25) is 0 Å². The summed E-state index contributed by atoms with van der Waals surface area (Å²) in [6.45, 7) is 2.95. The van der Waals surface area contributed by atoms with E-state index in [4.69, 9.17) is 0 Å². The normalized spacial score (nSPS) is 15.2. The van der Waals surface area contributed by atoms with Gasteiger partial charge < -0.3 is 10.6 Å². The molecule has 0 aliphatic carbocycles. The fourth-order valence-electron chi connectivity index (χ4n) is 3.00. The van der Waals surface area contributed by atoms with Crippen molar-refractivity contribution in [1.82, 2.24) is 9.80 Å². The van der Waals surface area contributed by atoms with Crippen molar-refractivity contribution in [2.45, 2.75) is 0 Å². The lowest BCUT2D eigenvalue weighted by Crippen LogP contribution is -2.50. The van der Waals surface area contributed by atoms with E-state index in [0.29, 0.717) is 31.9 Å². The Kier molecular flexibility index (Phi) is 6.67. The third-order valence-electron chi connectivity index (χ3n) is 4.48. The zero-order valence-electron chi connectivity index (χ0n) is 15.3. The van der Waals surface area contributed by atoms with Gasteiger partial charge >= 0.3 is 0 Å². The highest BCUT2D eigenvalue weighted by Gasteiger charge is 2.21. The van der Waals surface area contributed by atoms with Crippen LogP contribution in [-0.2, 0) is 9.59 Å². The molecule has 0 radical (unpaired) electrons. The molecule has 2 aromatic rings. The van der Waals surface area contributed by atoms with Gasteiger partial charge in [-0.3, -0.25) is 19.4 Å². The molecule has 1 aliphatic rings. The van der Waals surface area contributed by atoms with E-state index < -0.39 is 5.82 Å². The maximum atomic E-state index is 13.6. The first-order chi connectivity index (χ1) is 13.5. The van der Waals surface area contributed by atoms with Crippen LogP contribution in [0.3, 0.4) is 0 Å². The molecule has 2 amide bonds. The summed E-state index contributed by atoms with van der Waals surface area (Å²) < 4.78 is 26.5. The highest BCUT2D eigenvalue weighted by molar-refractivity contribution is 5.93. The number of hydrogen-bond acceptors (Lipinski definition) is 4. The van der Waals surface area contributed by atoms with E-state index in [9.17, 15) is 18.4 Å². The molecule has 148 valence electrons. The van der Waals surface area contributed by atoms with Crippen molar-refractivity contribution in [3.8, 4) is 0 Å². The fraction of sp³-hybridized carbons (Fsp3) is 0.300. The van der Waals surface area contributed by atoms with E-state index in [0.717, 1.165) is 0 Å². The number of nitrogens with one attached hydrogen (secondary N) is 2. The lowest BCUT2D eigenvalue weighted by Gasteiger charge is -2.33. The average Bonchev–Trinajstić information content (AvgIpc) is 2.67. The van der Waals surface area contributed by atoms with Gasteiger partial charge in [-0.15, -0.1) is 0 Å². The van der Waals surface area contributed by atoms with Crippen molar-refractivity contribution >= 4 is 23.2 Å². The summed E-state index contributed by atoms with van der Waals surface area (Å²) in [4.78, 5) is 28.1. The van der Waals surface area contributed by atoms with E-state index in [-0.39, 0.29) is 36.4 Å². The highest BCUT2D eigenvalue weighted by Crippen LogP contribution is 2.13. The summed E-state index contributed by atoms with van der Waals surface area (Å²) >= 11 is 0. The van der Waals surface area contributed by atoms with Crippen LogP contribution in [0.25, 0.3) is 0 Å². The van der Waals surface area contributed by atoms with Crippen LogP contribution < -0.4 is 10.6 Å². The SMILES string of the molecule is O=C(CN1CCN(CC(=O)Nc2ccccc2F)CC1)Nc1ccc(F)cc1. The molecular weight excluding hydrogens is 366 g/mol. The number of piperazine rings is 1. The Labute approximate surface area is 162 Å². The smallest absolute Gasteiger partial charge is 0.238 e. The van der Waals surface area contributed by atoms with Gasteiger partial charge in [-0.1, -0.05) is 12.1 Å². The number of halogens is 2. The number of anilines is 2. The van der Waals surface area contributed by atoms with Crippen molar-refractivity contribution < 1.29 is 18.4 Å². The number of nitrogens with zero attached hydrogens (tertiary/aromatic N) is 2. The second kappa shape index (κ2) is 9.38. The predicted molar refractivity (Wildman–Crippen MR) is 103 cm³/mol. The quantitative estimate of drug-likeness (QED) is 0.796. The summed E-state index contributed by atoms with van der Waals surface area (Å²) in [5, 5.41) is 5.30. The summed E-state index contributed by atoms with van der Waals surface area (Å²) in [5.74, 6) is -1.26. The Morgan fingerprint density at radius 3 is 1.89 bits per heavy atom. The third-order valence-corrected chi connectivity index (χ3v) is 4.48. The molecule has 2 aromatic carbocycles. The number of amides is 2. The lowest BCUT2D eigenvalue weighted by atomic mass is 10.2. The first kappa shape index (κ1) is 19.9. The minimum atomic E-state index is -0.465. The fourth-order valence-corrected chi connectivity index (χ4v) is 3.00. The standard InChI is InChI=1S/C20H22F2N4O2/c21-15-5-7-16(8-6-15)23-19(27)13-25-9-11-26(12-10-25)14-20(28)24-18-4-2-1-3-17(18)22/h1-8H,9-14H2,(H,23,27)(H,24,28). The van der Waals surface area contributed by atoms with Crippen LogP contribution in [-0.4, -0.2) is 60.9 Å². The Morgan fingerprint density at radius 2 is 1.32 bits per heavy atom. The first-order valence-electron chi connectivity index (χ1n) is 9.04. The monoisotopic (exact) mass is 388 g/mol. The predicted octanol–water partition coefficient (Wildman–Crippen LogP) is 2.16. The molecule has 0 spiro atoms. The van der Waals surface area contributed by atoms with Crippen LogP contribution in [0.5, 0.6) is 0 Å². The number of carbonyl (C=O) groups excluding carboxylic acids is 2. The molecule has 28 heavy (non-hydrogen) atoms. The third kappa shape index (κ3) is 5.83. The number of hydrogen-bond donors (Lipinski definition) is 2.